The Morgan fingerprint density at radius 1 is 1.03 bits per heavy atom. The average Bonchev–Trinajstić information content (AvgIpc) is 2.72. The van der Waals surface area contributed by atoms with Gasteiger partial charge in [-0.3, -0.25) is 9.10 Å². The molecule has 1 amide bonds. The highest BCUT2D eigenvalue weighted by Crippen LogP contribution is 2.25. The number of sulfonamides is 1. The average molecular weight is 433 g/mol. The highest BCUT2D eigenvalue weighted by atomic mass is 35.5. The molecule has 0 radical (unpaired) electrons. The van der Waals surface area contributed by atoms with Gasteiger partial charge in [-0.05, 0) is 48.0 Å². The molecule has 5 nitrogen and oxygen atoms in total. The zero-order valence-corrected chi connectivity index (χ0v) is 17.0. The molecule has 1 N–H and O–H groups in total. The Morgan fingerprint density at radius 2 is 1.76 bits per heavy atom. The van der Waals surface area contributed by atoms with Gasteiger partial charge >= 0.3 is 0 Å². The number of para-hydroxylation sites is 1. The summed E-state index contributed by atoms with van der Waals surface area (Å²) < 4.78 is 40.3. The summed E-state index contributed by atoms with van der Waals surface area (Å²) in [6.45, 7) is 0.0772. The minimum Gasteiger partial charge on any atom is -0.348 e. The van der Waals surface area contributed by atoms with E-state index in [1.807, 2.05) is 0 Å². The lowest BCUT2D eigenvalue weighted by Crippen LogP contribution is -2.27. The zero-order valence-electron chi connectivity index (χ0n) is 15.5. The molecule has 3 aromatic rings. The number of carbonyl (C=O) groups is 1. The Bertz CT molecular complexity index is 1140. The topological polar surface area (TPSA) is 66.5 Å². The molecule has 150 valence electrons. The van der Waals surface area contributed by atoms with Crippen LogP contribution in [0.2, 0.25) is 5.02 Å². The lowest BCUT2D eigenvalue weighted by atomic mass is 10.2. The lowest BCUT2D eigenvalue weighted by molar-refractivity contribution is 0.0951. The van der Waals surface area contributed by atoms with Crippen LogP contribution in [0.15, 0.2) is 77.7 Å². The summed E-state index contributed by atoms with van der Waals surface area (Å²) in [4.78, 5) is 12.5. The molecule has 0 bridgehead atoms. The van der Waals surface area contributed by atoms with Crippen LogP contribution in [-0.2, 0) is 16.6 Å². The molecule has 0 atom stereocenters. The van der Waals surface area contributed by atoms with Crippen LogP contribution in [0.1, 0.15) is 15.9 Å². The van der Waals surface area contributed by atoms with Crippen LogP contribution >= 0.6 is 11.6 Å². The molecule has 8 heteroatoms. The van der Waals surface area contributed by atoms with E-state index in [0.717, 1.165) is 4.31 Å². The van der Waals surface area contributed by atoms with Gasteiger partial charge in [0.25, 0.3) is 15.9 Å². The summed E-state index contributed by atoms with van der Waals surface area (Å²) in [6, 6.07) is 18.3. The van der Waals surface area contributed by atoms with Gasteiger partial charge in [-0.1, -0.05) is 41.9 Å². The molecule has 0 aliphatic rings. The predicted molar refractivity (Wildman–Crippen MR) is 111 cm³/mol. The molecule has 0 saturated carbocycles. The number of nitrogens with one attached hydrogen (secondary N) is 1. The second kappa shape index (κ2) is 8.63. The van der Waals surface area contributed by atoms with Gasteiger partial charge in [0.15, 0.2) is 0 Å². The number of benzene rings is 3. The number of amides is 1. The van der Waals surface area contributed by atoms with Gasteiger partial charge in [-0.15, -0.1) is 0 Å². The van der Waals surface area contributed by atoms with Crippen molar-refractivity contribution in [2.75, 3.05) is 11.4 Å². The molecule has 0 aliphatic heterocycles. The Kier molecular flexibility index (Phi) is 6.20. The lowest BCUT2D eigenvalue weighted by Gasteiger charge is -2.20. The van der Waals surface area contributed by atoms with Crippen LogP contribution in [0.5, 0.6) is 0 Å². The number of anilines is 1. The summed E-state index contributed by atoms with van der Waals surface area (Å²) in [6.07, 6.45) is 0. The van der Waals surface area contributed by atoms with Crippen molar-refractivity contribution in [1.82, 2.24) is 5.32 Å². The summed E-state index contributed by atoms with van der Waals surface area (Å²) in [5.74, 6) is -0.967. The Morgan fingerprint density at radius 3 is 2.45 bits per heavy atom. The van der Waals surface area contributed by atoms with Gasteiger partial charge in [-0.25, -0.2) is 12.8 Å². The van der Waals surface area contributed by atoms with Crippen molar-refractivity contribution in [3.8, 4) is 0 Å². The van der Waals surface area contributed by atoms with Crippen molar-refractivity contribution in [2.24, 2.45) is 0 Å². The third-order valence-corrected chi connectivity index (χ3v) is 6.41. The van der Waals surface area contributed by atoms with Gasteiger partial charge in [0.1, 0.15) is 5.82 Å². The van der Waals surface area contributed by atoms with E-state index in [1.165, 1.54) is 43.4 Å². The first-order valence-electron chi connectivity index (χ1n) is 8.65. The van der Waals surface area contributed by atoms with Crippen LogP contribution in [0.3, 0.4) is 0 Å². The van der Waals surface area contributed by atoms with Crippen LogP contribution in [0, 0.1) is 5.82 Å². The minimum absolute atomic E-state index is 0.0191. The number of hydrogen-bond donors (Lipinski definition) is 1. The Hall–Kier alpha value is -2.90. The molecule has 0 aliphatic carbocycles. The molecule has 3 rings (SSSR count). The largest absolute Gasteiger partial charge is 0.348 e. The van der Waals surface area contributed by atoms with Crippen molar-refractivity contribution in [3.05, 3.63) is 94.8 Å². The molecule has 0 heterocycles. The number of halogens is 2. The summed E-state index contributed by atoms with van der Waals surface area (Å²) in [5.41, 5.74) is 1.08. The van der Waals surface area contributed by atoms with E-state index in [2.05, 4.69) is 5.32 Å². The molecule has 0 unspecified atom stereocenters. The number of nitrogens with zero attached hydrogens (tertiary/aromatic N) is 1. The number of carbonyl (C=O) groups excluding carboxylic acids is 1. The maximum absolute atomic E-state index is 13.3. The van der Waals surface area contributed by atoms with E-state index >= 15 is 0 Å². The molecular weight excluding hydrogens is 415 g/mol. The van der Waals surface area contributed by atoms with E-state index in [0.29, 0.717) is 11.3 Å². The maximum Gasteiger partial charge on any atom is 0.264 e. The molecule has 3 aromatic carbocycles. The SMILES string of the molecule is CN(c1ccccc1)S(=O)(=O)c1ccc(Cl)c(C(=O)NCc2cccc(F)c2)c1. The van der Waals surface area contributed by atoms with Gasteiger partial charge in [-0.2, -0.15) is 0 Å². The summed E-state index contributed by atoms with van der Waals surface area (Å²) >= 11 is 6.12. The van der Waals surface area contributed by atoms with Gasteiger partial charge < -0.3 is 5.32 Å². The Labute approximate surface area is 173 Å². The summed E-state index contributed by atoms with van der Waals surface area (Å²) in [5, 5.41) is 2.74. The van der Waals surface area contributed by atoms with Crippen LogP contribution < -0.4 is 9.62 Å². The van der Waals surface area contributed by atoms with Crippen molar-refractivity contribution in [1.29, 1.82) is 0 Å². The first-order valence-corrected chi connectivity index (χ1v) is 10.5. The van der Waals surface area contributed by atoms with Crippen molar-refractivity contribution >= 4 is 33.2 Å². The third kappa shape index (κ3) is 4.75. The van der Waals surface area contributed by atoms with Crippen molar-refractivity contribution in [2.45, 2.75) is 11.4 Å². The van der Waals surface area contributed by atoms with E-state index in [9.17, 15) is 17.6 Å². The maximum atomic E-state index is 13.3. The normalized spacial score (nSPS) is 11.1. The highest BCUT2D eigenvalue weighted by Gasteiger charge is 2.23. The molecule has 0 aromatic heterocycles. The first-order chi connectivity index (χ1) is 13.8. The molecule has 29 heavy (non-hydrogen) atoms. The van der Waals surface area contributed by atoms with Crippen LogP contribution in [-0.4, -0.2) is 21.4 Å². The van der Waals surface area contributed by atoms with Gasteiger partial charge in [0, 0.05) is 13.6 Å². The van der Waals surface area contributed by atoms with Crippen molar-refractivity contribution in [3.63, 3.8) is 0 Å². The quantitative estimate of drug-likeness (QED) is 0.633. The third-order valence-electron chi connectivity index (χ3n) is 4.30. The monoisotopic (exact) mass is 432 g/mol. The first kappa shape index (κ1) is 20.8. The second-order valence-electron chi connectivity index (χ2n) is 6.26. The predicted octanol–water partition coefficient (Wildman–Crippen LogP) is 4.23. The molecule has 0 fully saturated rings. The minimum atomic E-state index is -3.89. The fraction of sp³-hybridized carbons (Fsp3) is 0.0952. The number of rotatable bonds is 6. The van der Waals surface area contributed by atoms with E-state index in [4.69, 9.17) is 11.6 Å². The molecule has 0 saturated heterocycles. The molecule has 0 spiro atoms. The smallest absolute Gasteiger partial charge is 0.264 e. The van der Waals surface area contributed by atoms with Crippen LogP contribution in [0.25, 0.3) is 0 Å². The standard InChI is InChI=1S/C21H18ClFN2O3S/c1-25(17-8-3-2-4-9-17)29(27,28)18-10-11-20(22)19(13-18)21(26)24-14-15-6-5-7-16(23)12-15/h2-13H,14H2,1H3,(H,24,26). The van der Waals surface area contributed by atoms with E-state index in [1.54, 1.807) is 36.4 Å². The molecular formula is C21H18ClFN2O3S. The van der Waals surface area contributed by atoms with E-state index < -0.39 is 21.7 Å². The number of hydrogen-bond acceptors (Lipinski definition) is 3. The van der Waals surface area contributed by atoms with E-state index in [-0.39, 0.29) is 22.0 Å². The Balaban J connectivity index is 1.84. The fourth-order valence-corrected chi connectivity index (χ4v) is 4.12. The highest BCUT2D eigenvalue weighted by molar-refractivity contribution is 7.92. The van der Waals surface area contributed by atoms with Gasteiger partial charge in [0.2, 0.25) is 0 Å². The summed E-state index contributed by atoms with van der Waals surface area (Å²) in [7, 11) is -2.46. The van der Waals surface area contributed by atoms with Crippen LogP contribution in [0.4, 0.5) is 10.1 Å². The van der Waals surface area contributed by atoms with Gasteiger partial charge in [0.05, 0.1) is 21.2 Å². The van der Waals surface area contributed by atoms with Crippen molar-refractivity contribution < 1.29 is 17.6 Å². The second-order valence-corrected chi connectivity index (χ2v) is 8.64. The fourth-order valence-electron chi connectivity index (χ4n) is 2.70. The zero-order chi connectivity index (χ0) is 21.0.